The Labute approximate surface area is 87.0 Å². The minimum atomic E-state index is -0.315. The van der Waals surface area contributed by atoms with Gasteiger partial charge in [-0.15, -0.1) is 0 Å². The Morgan fingerprint density at radius 2 is 2.27 bits per heavy atom. The normalized spacial score (nSPS) is 25.5. The van der Waals surface area contributed by atoms with Crippen LogP contribution in [0.15, 0.2) is 18.2 Å². The van der Waals surface area contributed by atoms with Crippen LogP contribution < -0.4 is 4.74 Å². The fourth-order valence-corrected chi connectivity index (χ4v) is 2.36. The molecule has 1 aromatic carbocycles. The van der Waals surface area contributed by atoms with Crippen LogP contribution in [-0.2, 0) is 4.79 Å². The highest BCUT2D eigenvalue weighted by atomic mass is 19.1. The molecule has 0 aromatic heterocycles. The second-order valence-corrected chi connectivity index (χ2v) is 4.45. The number of halogens is 1. The molecule has 15 heavy (non-hydrogen) atoms. The van der Waals surface area contributed by atoms with E-state index in [2.05, 4.69) is 0 Å². The summed E-state index contributed by atoms with van der Waals surface area (Å²) < 4.78 is 18.5. The third kappa shape index (κ3) is 1.19. The predicted octanol–water partition coefficient (Wildman–Crippen LogP) is 2.28. The maximum Gasteiger partial charge on any atom is 0.128 e. The van der Waals surface area contributed by atoms with Gasteiger partial charge < -0.3 is 9.53 Å². The molecule has 0 N–H and O–H groups in total. The van der Waals surface area contributed by atoms with E-state index in [1.165, 1.54) is 12.1 Å². The van der Waals surface area contributed by atoms with Crippen LogP contribution in [0.4, 0.5) is 4.39 Å². The van der Waals surface area contributed by atoms with E-state index < -0.39 is 0 Å². The Hall–Kier alpha value is -1.38. The number of carbonyl (C=O) groups is 1. The smallest absolute Gasteiger partial charge is 0.128 e. The van der Waals surface area contributed by atoms with Gasteiger partial charge in [-0.2, -0.15) is 0 Å². The van der Waals surface area contributed by atoms with Gasteiger partial charge in [0.1, 0.15) is 17.9 Å². The van der Waals surface area contributed by atoms with Crippen LogP contribution >= 0.6 is 0 Å². The molecular weight excluding hydrogens is 195 g/mol. The minimum Gasteiger partial charge on any atom is -0.493 e. The first-order valence-electron chi connectivity index (χ1n) is 5.13. The zero-order valence-corrected chi connectivity index (χ0v) is 8.20. The van der Waals surface area contributed by atoms with Crippen molar-refractivity contribution in [3.8, 4) is 5.75 Å². The highest BCUT2D eigenvalue weighted by Crippen LogP contribution is 2.59. The lowest BCUT2D eigenvalue weighted by Crippen LogP contribution is -2.28. The third-order valence-electron chi connectivity index (χ3n) is 3.51. The first-order valence-corrected chi connectivity index (χ1v) is 5.13. The maximum atomic E-state index is 13.0. The summed E-state index contributed by atoms with van der Waals surface area (Å²) in [4.78, 5) is 11.1. The highest BCUT2D eigenvalue weighted by molar-refractivity contribution is 5.68. The van der Waals surface area contributed by atoms with Crippen LogP contribution in [-0.4, -0.2) is 12.9 Å². The molecule has 2 nitrogen and oxygen atoms in total. The molecule has 1 spiro atoms. The van der Waals surface area contributed by atoms with Crippen LogP contribution in [0, 0.1) is 11.2 Å². The van der Waals surface area contributed by atoms with Crippen molar-refractivity contribution in [1.29, 1.82) is 0 Å². The number of aldehydes is 1. The average molecular weight is 206 g/mol. The van der Waals surface area contributed by atoms with Gasteiger partial charge in [-0.1, -0.05) is 6.07 Å². The highest BCUT2D eigenvalue weighted by Gasteiger charge is 2.53. The summed E-state index contributed by atoms with van der Waals surface area (Å²) in [6.07, 6.45) is 3.05. The quantitative estimate of drug-likeness (QED) is 0.659. The molecule has 1 aliphatic heterocycles. The second-order valence-electron chi connectivity index (χ2n) is 4.45. The summed E-state index contributed by atoms with van der Waals surface area (Å²) in [6, 6.07) is 4.42. The molecule has 0 saturated heterocycles. The number of benzene rings is 1. The molecule has 1 saturated carbocycles. The van der Waals surface area contributed by atoms with E-state index in [1.807, 2.05) is 0 Å². The first kappa shape index (κ1) is 8.89. The summed E-state index contributed by atoms with van der Waals surface area (Å²) >= 11 is 0. The number of hydrogen-bond donors (Lipinski definition) is 0. The van der Waals surface area contributed by atoms with E-state index in [0.717, 1.165) is 24.7 Å². The van der Waals surface area contributed by atoms with Crippen molar-refractivity contribution in [2.75, 3.05) is 6.61 Å². The molecular formula is C12H11FO2. The molecule has 78 valence electrons. The topological polar surface area (TPSA) is 26.3 Å². The van der Waals surface area contributed by atoms with Gasteiger partial charge in [-0.25, -0.2) is 4.39 Å². The first-order chi connectivity index (χ1) is 7.25. The third-order valence-corrected chi connectivity index (χ3v) is 3.51. The van der Waals surface area contributed by atoms with Crippen molar-refractivity contribution >= 4 is 6.29 Å². The lowest BCUT2D eigenvalue weighted by Gasteiger charge is -2.30. The van der Waals surface area contributed by atoms with Crippen molar-refractivity contribution in [3.05, 3.63) is 29.6 Å². The molecule has 0 bridgehead atoms. The maximum absolute atomic E-state index is 13.0. The molecule has 3 heteroatoms. The van der Waals surface area contributed by atoms with Crippen LogP contribution in [0.25, 0.3) is 0 Å². The molecule has 0 amide bonds. The Bertz CT molecular complexity index is 424. The molecule has 1 aromatic rings. The lowest BCUT2D eigenvalue weighted by molar-refractivity contribution is -0.111. The standard InChI is InChI=1S/C12H11FO2/c13-8-1-2-9-10(6-14)12(3-4-12)7-15-11(9)5-8/h1-2,5-6,10H,3-4,7H2. The summed E-state index contributed by atoms with van der Waals surface area (Å²) in [5.41, 5.74) is 0.863. The van der Waals surface area contributed by atoms with Gasteiger partial charge in [0.05, 0.1) is 12.5 Å². The molecule has 1 atom stereocenters. The molecule has 3 rings (SSSR count). The van der Waals surface area contributed by atoms with Gasteiger partial charge in [-0.05, 0) is 18.9 Å². The van der Waals surface area contributed by atoms with E-state index in [1.54, 1.807) is 6.07 Å². The van der Waals surface area contributed by atoms with Crippen LogP contribution in [0.5, 0.6) is 5.75 Å². The van der Waals surface area contributed by atoms with E-state index >= 15 is 0 Å². The number of fused-ring (bicyclic) bond motifs is 1. The summed E-state index contributed by atoms with van der Waals surface area (Å²) in [5.74, 6) is 0.108. The molecule has 1 heterocycles. The molecule has 1 fully saturated rings. The predicted molar refractivity (Wildman–Crippen MR) is 52.4 cm³/mol. The lowest BCUT2D eigenvalue weighted by atomic mass is 9.82. The SMILES string of the molecule is O=CC1c2ccc(F)cc2OCC12CC2. The summed E-state index contributed by atoms with van der Waals surface area (Å²) in [5, 5.41) is 0. The average Bonchev–Trinajstić information content (AvgIpc) is 2.99. The molecule has 2 aliphatic rings. The van der Waals surface area contributed by atoms with Gasteiger partial charge in [0.2, 0.25) is 0 Å². The van der Waals surface area contributed by atoms with Crippen LogP contribution in [0.1, 0.15) is 24.3 Å². The summed E-state index contributed by atoms with van der Waals surface area (Å²) in [7, 11) is 0. The monoisotopic (exact) mass is 206 g/mol. The Balaban J connectivity index is 2.10. The largest absolute Gasteiger partial charge is 0.493 e. The van der Waals surface area contributed by atoms with E-state index in [0.29, 0.717) is 12.4 Å². The van der Waals surface area contributed by atoms with Crippen LogP contribution in [0.3, 0.4) is 0 Å². The second kappa shape index (κ2) is 2.81. The number of hydrogen-bond acceptors (Lipinski definition) is 2. The van der Waals surface area contributed by atoms with E-state index in [-0.39, 0.29) is 17.2 Å². The Morgan fingerprint density at radius 1 is 1.47 bits per heavy atom. The number of rotatable bonds is 1. The zero-order valence-electron chi connectivity index (χ0n) is 8.20. The molecule has 1 aliphatic carbocycles. The fourth-order valence-electron chi connectivity index (χ4n) is 2.36. The van der Waals surface area contributed by atoms with Gasteiger partial charge >= 0.3 is 0 Å². The van der Waals surface area contributed by atoms with Crippen molar-refractivity contribution in [3.63, 3.8) is 0 Å². The Kier molecular flexibility index (Phi) is 1.67. The Morgan fingerprint density at radius 3 is 2.93 bits per heavy atom. The number of carbonyl (C=O) groups excluding carboxylic acids is 1. The van der Waals surface area contributed by atoms with Crippen molar-refractivity contribution < 1.29 is 13.9 Å². The van der Waals surface area contributed by atoms with E-state index in [4.69, 9.17) is 4.74 Å². The minimum absolute atomic E-state index is 0.0204. The van der Waals surface area contributed by atoms with Gasteiger partial charge in [0.15, 0.2) is 0 Å². The zero-order chi connectivity index (χ0) is 10.5. The van der Waals surface area contributed by atoms with Crippen LogP contribution in [0.2, 0.25) is 0 Å². The summed E-state index contributed by atoms with van der Waals surface area (Å²) in [6.45, 7) is 0.548. The van der Waals surface area contributed by atoms with Gasteiger partial charge in [-0.3, -0.25) is 0 Å². The van der Waals surface area contributed by atoms with Gasteiger partial charge in [0.25, 0.3) is 0 Å². The fraction of sp³-hybridized carbons (Fsp3) is 0.417. The number of ether oxygens (including phenoxy) is 1. The van der Waals surface area contributed by atoms with Crippen molar-refractivity contribution in [2.24, 2.45) is 5.41 Å². The van der Waals surface area contributed by atoms with E-state index in [9.17, 15) is 9.18 Å². The van der Waals surface area contributed by atoms with Crippen molar-refractivity contribution in [1.82, 2.24) is 0 Å². The van der Waals surface area contributed by atoms with Crippen molar-refractivity contribution in [2.45, 2.75) is 18.8 Å². The molecule has 1 unspecified atom stereocenters. The molecule has 0 radical (unpaired) electrons. The van der Waals surface area contributed by atoms with Gasteiger partial charge in [0, 0.05) is 17.0 Å².